The highest BCUT2D eigenvalue weighted by molar-refractivity contribution is 5.85. The normalized spacial score (nSPS) is 21.3. The molecule has 3 heterocycles. The first-order valence-electron chi connectivity index (χ1n) is 8.08. The predicted octanol–water partition coefficient (Wildman–Crippen LogP) is 3.21. The summed E-state index contributed by atoms with van der Waals surface area (Å²) >= 11 is 0. The summed E-state index contributed by atoms with van der Waals surface area (Å²) in [5.41, 5.74) is 5.13. The van der Waals surface area contributed by atoms with Crippen LogP contribution in [0, 0.1) is 0 Å². The number of aliphatic hydroxyl groups excluding tert-OH is 1. The predicted molar refractivity (Wildman–Crippen MR) is 89.3 cm³/mol. The van der Waals surface area contributed by atoms with Crippen LogP contribution in [0.5, 0.6) is 0 Å². The van der Waals surface area contributed by atoms with Crippen molar-refractivity contribution in [2.45, 2.75) is 31.2 Å². The number of anilines is 2. The van der Waals surface area contributed by atoms with Crippen LogP contribution in [0.15, 0.2) is 36.5 Å². The molecule has 2 aromatic rings. The Hall–Kier alpha value is -2.07. The zero-order valence-electron chi connectivity index (χ0n) is 12.5. The van der Waals surface area contributed by atoms with Crippen molar-refractivity contribution in [1.82, 2.24) is 4.98 Å². The van der Waals surface area contributed by atoms with E-state index in [-0.39, 0.29) is 6.61 Å². The fourth-order valence-corrected chi connectivity index (χ4v) is 3.77. The molecule has 3 N–H and O–H groups in total. The van der Waals surface area contributed by atoms with E-state index in [4.69, 9.17) is 5.11 Å². The zero-order chi connectivity index (χ0) is 14.9. The number of aromatic nitrogens is 1. The van der Waals surface area contributed by atoms with E-state index in [1.54, 1.807) is 0 Å². The van der Waals surface area contributed by atoms with Crippen molar-refractivity contribution in [3.05, 3.63) is 42.1 Å². The number of fused-ring (bicyclic) bond motifs is 2. The molecule has 0 saturated carbocycles. The minimum absolute atomic E-state index is 0.273. The molecule has 4 nitrogen and oxygen atoms in total. The third-order valence-corrected chi connectivity index (χ3v) is 4.82. The highest BCUT2D eigenvalue weighted by Gasteiger charge is 2.35. The molecule has 1 aromatic carbocycles. The molecule has 2 aliphatic rings. The van der Waals surface area contributed by atoms with E-state index in [0.29, 0.717) is 12.0 Å². The number of aliphatic hydroxyl groups is 1. The molecule has 22 heavy (non-hydrogen) atoms. The SMILES string of the molecule is OCCCCC1Nc2ccccc2-c2ccnc3c2C1CN3. The maximum Gasteiger partial charge on any atom is 0.130 e. The zero-order valence-corrected chi connectivity index (χ0v) is 12.5. The van der Waals surface area contributed by atoms with Gasteiger partial charge >= 0.3 is 0 Å². The van der Waals surface area contributed by atoms with Crippen molar-refractivity contribution in [1.29, 1.82) is 0 Å². The lowest BCUT2D eigenvalue weighted by Gasteiger charge is -2.24. The van der Waals surface area contributed by atoms with Crippen molar-refractivity contribution in [2.75, 3.05) is 23.8 Å². The first kappa shape index (κ1) is 13.6. The molecule has 2 aliphatic heterocycles. The minimum Gasteiger partial charge on any atom is -0.396 e. The van der Waals surface area contributed by atoms with Crippen LogP contribution in [0.4, 0.5) is 11.5 Å². The second-order valence-corrected chi connectivity index (χ2v) is 6.12. The fourth-order valence-electron chi connectivity index (χ4n) is 3.77. The van der Waals surface area contributed by atoms with E-state index in [0.717, 1.165) is 31.6 Å². The van der Waals surface area contributed by atoms with Gasteiger partial charge in [0.1, 0.15) is 5.82 Å². The molecule has 0 aliphatic carbocycles. The van der Waals surface area contributed by atoms with Gasteiger partial charge in [-0.15, -0.1) is 0 Å². The Labute approximate surface area is 130 Å². The van der Waals surface area contributed by atoms with Gasteiger partial charge < -0.3 is 15.7 Å². The Morgan fingerprint density at radius 1 is 1.14 bits per heavy atom. The van der Waals surface area contributed by atoms with Crippen LogP contribution in [0.1, 0.15) is 30.7 Å². The van der Waals surface area contributed by atoms with E-state index in [9.17, 15) is 0 Å². The maximum atomic E-state index is 9.06. The topological polar surface area (TPSA) is 57.2 Å². The van der Waals surface area contributed by atoms with E-state index < -0.39 is 0 Å². The van der Waals surface area contributed by atoms with E-state index in [1.165, 1.54) is 22.4 Å². The molecule has 2 unspecified atom stereocenters. The highest BCUT2D eigenvalue weighted by atomic mass is 16.2. The van der Waals surface area contributed by atoms with Gasteiger partial charge in [0.2, 0.25) is 0 Å². The number of unbranched alkanes of at least 4 members (excludes halogenated alkanes) is 1. The summed E-state index contributed by atoms with van der Waals surface area (Å²) in [5.74, 6) is 1.47. The van der Waals surface area contributed by atoms with Gasteiger partial charge in [0.25, 0.3) is 0 Å². The Morgan fingerprint density at radius 3 is 2.95 bits per heavy atom. The van der Waals surface area contributed by atoms with E-state index in [2.05, 4.69) is 45.9 Å². The van der Waals surface area contributed by atoms with Gasteiger partial charge in [-0.3, -0.25) is 0 Å². The third kappa shape index (κ3) is 2.15. The average molecular weight is 295 g/mol. The molecule has 0 saturated heterocycles. The Morgan fingerprint density at radius 2 is 2.05 bits per heavy atom. The standard InChI is InChI=1S/C18H21N3O/c22-10-4-3-7-16-14-11-20-18-17(14)13(8-9-19-18)12-5-1-2-6-15(12)21-16/h1-2,5-6,8-9,14,16,21-22H,3-4,7,10-11H2,(H,19,20). The van der Waals surface area contributed by atoms with Gasteiger partial charge in [0.15, 0.2) is 0 Å². The van der Waals surface area contributed by atoms with Gasteiger partial charge in [0, 0.05) is 48.1 Å². The summed E-state index contributed by atoms with van der Waals surface area (Å²) in [7, 11) is 0. The Kier molecular flexibility index (Phi) is 3.47. The molecule has 114 valence electrons. The quantitative estimate of drug-likeness (QED) is 0.758. The Balaban J connectivity index is 1.79. The minimum atomic E-state index is 0.273. The smallest absolute Gasteiger partial charge is 0.130 e. The number of para-hydroxylation sites is 1. The lowest BCUT2D eigenvalue weighted by molar-refractivity contribution is 0.281. The molecule has 0 spiro atoms. The van der Waals surface area contributed by atoms with E-state index >= 15 is 0 Å². The van der Waals surface area contributed by atoms with Gasteiger partial charge in [0.05, 0.1) is 0 Å². The Bertz CT molecular complexity index is 686. The van der Waals surface area contributed by atoms with Crippen molar-refractivity contribution in [2.24, 2.45) is 0 Å². The molecule has 0 radical (unpaired) electrons. The van der Waals surface area contributed by atoms with Crippen LogP contribution in [0.3, 0.4) is 0 Å². The number of nitrogens with zero attached hydrogens (tertiary/aromatic N) is 1. The van der Waals surface area contributed by atoms with Gasteiger partial charge in [-0.25, -0.2) is 4.98 Å². The van der Waals surface area contributed by atoms with Crippen LogP contribution >= 0.6 is 0 Å². The fraction of sp³-hybridized carbons (Fsp3) is 0.389. The molecular weight excluding hydrogens is 274 g/mol. The van der Waals surface area contributed by atoms with Crippen molar-refractivity contribution < 1.29 is 5.11 Å². The summed E-state index contributed by atoms with van der Waals surface area (Å²) in [5, 5.41) is 16.3. The molecule has 4 rings (SSSR count). The van der Waals surface area contributed by atoms with Crippen LogP contribution in [0.2, 0.25) is 0 Å². The second-order valence-electron chi connectivity index (χ2n) is 6.12. The van der Waals surface area contributed by atoms with E-state index in [1.807, 2.05) is 6.20 Å². The average Bonchev–Trinajstić information content (AvgIpc) is 2.93. The van der Waals surface area contributed by atoms with Crippen LogP contribution in [-0.4, -0.2) is 29.3 Å². The van der Waals surface area contributed by atoms with Crippen molar-refractivity contribution in [3.8, 4) is 11.1 Å². The number of nitrogens with one attached hydrogen (secondary N) is 2. The van der Waals surface area contributed by atoms with Gasteiger partial charge in [-0.2, -0.15) is 0 Å². The molecule has 0 fully saturated rings. The van der Waals surface area contributed by atoms with Gasteiger partial charge in [-0.05, 0) is 37.0 Å². The number of rotatable bonds is 4. The molecule has 2 atom stereocenters. The molecule has 0 bridgehead atoms. The molecular formula is C18H21N3O. The first-order chi connectivity index (χ1) is 10.9. The highest BCUT2D eigenvalue weighted by Crippen LogP contribution is 2.46. The monoisotopic (exact) mass is 295 g/mol. The summed E-state index contributed by atoms with van der Waals surface area (Å²) in [4.78, 5) is 4.52. The lowest BCUT2D eigenvalue weighted by Crippen LogP contribution is -2.28. The number of pyridine rings is 1. The molecule has 0 amide bonds. The third-order valence-electron chi connectivity index (χ3n) is 4.82. The maximum absolute atomic E-state index is 9.06. The largest absolute Gasteiger partial charge is 0.396 e. The number of hydrogen-bond donors (Lipinski definition) is 3. The van der Waals surface area contributed by atoms with Crippen molar-refractivity contribution in [3.63, 3.8) is 0 Å². The van der Waals surface area contributed by atoms with Crippen molar-refractivity contribution >= 4 is 11.5 Å². The second kappa shape index (κ2) is 5.61. The number of benzene rings is 1. The van der Waals surface area contributed by atoms with Crippen LogP contribution < -0.4 is 10.6 Å². The van der Waals surface area contributed by atoms with Gasteiger partial charge in [-0.1, -0.05) is 18.2 Å². The summed E-state index contributed by atoms with van der Waals surface area (Å²) in [6.45, 7) is 1.21. The van der Waals surface area contributed by atoms with Crippen LogP contribution in [-0.2, 0) is 0 Å². The van der Waals surface area contributed by atoms with Crippen LogP contribution in [0.25, 0.3) is 11.1 Å². The molecule has 4 heteroatoms. The summed E-state index contributed by atoms with van der Waals surface area (Å²) < 4.78 is 0. The first-order valence-corrected chi connectivity index (χ1v) is 8.08. The number of hydrogen-bond acceptors (Lipinski definition) is 4. The molecule has 1 aromatic heterocycles. The lowest BCUT2D eigenvalue weighted by atomic mass is 9.88. The summed E-state index contributed by atoms with van der Waals surface area (Å²) in [6, 6.07) is 11.0. The summed E-state index contributed by atoms with van der Waals surface area (Å²) in [6.07, 6.45) is 4.87.